The molecule has 0 bridgehead atoms. The van der Waals surface area contributed by atoms with Crippen molar-refractivity contribution in [2.75, 3.05) is 7.05 Å². The maximum atomic E-state index is 14.0. The van der Waals surface area contributed by atoms with Gasteiger partial charge in [0.25, 0.3) is 5.56 Å². The predicted octanol–water partition coefficient (Wildman–Crippen LogP) is 4.79. The van der Waals surface area contributed by atoms with Gasteiger partial charge in [0.15, 0.2) is 0 Å². The Morgan fingerprint density at radius 3 is 2.40 bits per heavy atom. The number of nitrogens with zero attached hydrogens (tertiary/aromatic N) is 5. The van der Waals surface area contributed by atoms with E-state index in [0.29, 0.717) is 23.6 Å². The highest BCUT2D eigenvalue weighted by molar-refractivity contribution is 5.86. The van der Waals surface area contributed by atoms with Crippen molar-refractivity contribution in [2.24, 2.45) is 0 Å². The van der Waals surface area contributed by atoms with Gasteiger partial charge in [-0.05, 0) is 37.3 Å². The molecule has 180 valence electrons. The highest BCUT2D eigenvalue weighted by Gasteiger charge is 2.38. The van der Waals surface area contributed by atoms with Crippen LogP contribution in [0.4, 0.5) is 5.69 Å². The van der Waals surface area contributed by atoms with E-state index in [9.17, 15) is 9.59 Å². The van der Waals surface area contributed by atoms with Crippen molar-refractivity contribution in [2.45, 2.75) is 69.9 Å². The van der Waals surface area contributed by atoms with Crippen LogP contribution in [0.3, 0.4) is 0 Å². The second-order valence-corrected chi connectivity index (χ2v) is 10.4. The lowest BCUT2D eigenvalue weighted by atomic mass is 10.1. The Hall–Kier alpha value is -3.32. The van der Waals surface area contributed by atoms with Crippen LogP contribution in [0.25, 0.3) is 16.7 Å². The fourth-order valence-electron chi connectivity index (χ4n) is 6.28. The molecule has 35 heavy (non-hydrogen) atoms. The third-order valence-corrected chi connectivity index (χ3v) is 8.37. The van der Waals surface area contributed by atoms with Crippen LogP contribution in [0.15, 0.2) is 53.3 Å². The minimum Gasteiger partial charge on any atom is -0.272 e. The molecule has 4 aromatic rings. The smallest absolute Gasteiger partial charge is 0.272 e. The molecule has 2 heterocycles. The van der Waals surface area contributed by atoms with Crippen molar-refractivity contribution in [1.29, 1.82) is 0 Å². The number of amides is 1. The molecule has 0 saturated heterocycles. The molecule has 2 aromatic carbocycles. The van der Waals surface area contributed by atoms with Gasteiger partial charge in [-0.1, -0.05) is 43.2 Å². The standard InChI is InChI=1S/C28H32N5O2/c1-33(19-34,22-13-7-8-14-22)23-15-16-25-24(17-23)27(35)31(18-20-9-3-2-4-10-20)28-30-29-26(32(25)28)21-11-5-6-12-21/h2-4,9-10,15-17,19,21-22H,5-8,11-14,18H2,1H3/q+1. The summed E-state index contributed by atoms with van der Waals surface area (Å²) in [7, 11) is 1.98. The van der Waals surface area contributed by atoms with E-state index in [1.165, 1.54) is 12.8 Å². The number of fused-ring (bicyclic) bond motifs is 3. The molecule has 7 nitrogen and oxygen atoms in total. The van der Waals surface area contributed by atoms with Crippen LogP contribution in [0, 0.1) is 0 Å². The van der Waals surface area contributed by atoms with Gasteiger partial charge in [0.2, 0.25) is 5.78 Å². The maximum Gasteiger partial charge on any atom is 0.306 e. The van der Waals surface area contributed by atoms with Gasteiger partial charge in [-0.3, -0.25) is 13.8 Å². The summed E-state index contributed by atoms with van der Waals surface area (Å²) in [6.45, 7) is 0.425. The first-order chi connectivity index (χ1) is 17.1. The molecular weight excluding hydrogens is 438 g/mol. The van der Waals surface area contributed by atoms with Gasteiger partial charge >= 0.3 is 6.41 Å². The van der Waals surface area contributed by atoms with E-state index in [-0.39, 0.29) is 16.1 Å². The third-order valence-electron chi connectivity index (χ3n) is 8.37. The highest BCUT2D eigenvalue weighted by atomic mass is 16.1. The SMILES string of the molecule is C[N+](C=O)(c1ccc2c(c1)c(=O)n(Cc1ccccc1)c1nnc(C3CCCC3)n21)C1CCCC1. The first-order valence-corrected chi connectivity index (χ1v) is 12.9. The van der Waals surface area contributed by atoms with Gasteiger partial charge < -0.3 is 0 Å². The molecule has 2 fully saturated rings. The van der Waals surface area contributed by atoms with E-state index in [2.05, 4.69) is 14.6 Å². The fraction of sp³-hybridized carbons (Fsp3) is 0.429. The molecule has 0 N–H and O–H groups in total. The zero-order chi connectivity index (χ0) is 24.0. The summed E-state index contributed by atoms with van der Waals surface area (Å²) in [6, 6.07) is 16.2. The number of benzene rings is 2. The molecule has 2 saturated carbocycles. The Bertz CT molecular complexity index is 1450. The normalized spacial score (nSPS) is 19.0. The first kappa shape index (κ1) is 22.2. The molecule has 0 spiro atoms. The third kappa shape index (κ3) is 3.60. The molecule has 1 atom stereocenters. The Morgan fingerprint density at radius 2 is 1.69 bits per heavy atom. The van der Waals surface area contributed by atoms with Crippen molar-refractivity contribution >= 4 is 28.8 Å². The van der Waals surface area contributed by atoms with E-state index in [1.807, 2.05) is 55.6 Å². The number of quaternary nitrogens is 1. The van der Waals surface area contributed by atoms with Gasteiger partial charge in [-0.25, -0.2) is 9.28 Å². The lowest BCUT2D eigenvalue weighted by Gasteiger charge is -2.33. The molecule has 2 aromatic heterocycles. The van der Waals surface area contributed by atoms with E-state index in [4.69, 9.17) is 0 Å². The van der Waals surface area contributed by atoms with E-state index < -0.39 is 0 Å². The number of hydrogen-bond donors (Lipinski definition) is 0. The lowest BCUT2D eigenvalue weighted by Crippen LogP contribution is -2.51. The second-order valence-electron chi connectivity index (χ2n) is 10.4. The minimum absolute atomic E-state index is 0.0903. The average molecular weight is 471 g/mol. The van der Waals surface area contributed by atoms with Crippen molar-refractivity contribution in [3.63, 3.8) is 0 Å². The zero-order valence-corrected chi connectivity index (χ0v) is 20.3. The van der Waals surface area contributed by atoms with Crippen LogP contribution < -0.4 is 10.0 Å². The Morgan fingerprint density at radius 1 is 0.971 bits per heavy atom. The zero-order valence-electron chi connectivity index (χ0n) is 20.3. The predicted molar refractivity (Wildman–Crippen MR) is 138 cm³/mol. The lowest BCUT2D eigenvalue weighted by molar-refractivity contribution is -0.118. The molecule has 7 heteroatoms. The largest absolute Gasteiger partial charge is 0.306 e. The van der Waals surface area contributed by atoms with Gasteiger partial charge in [0, 0.05) is 30.9 Å². The summed E-state index contributed by atoms with van der Waals surface area (Å²) in [5, 5.41) is 9.77. The minimum atomic E-state index is -0.0903. The first-order valence-electron chi connectivity index (χ1n) is 12.9. The van der Waals surface area contributed by atoms with Gasteiger partial charge in [0.05, 0.1) is 24.5 Å². The molecule has 0 radical (unpaired) electrons. The number of carbonyl (C=O) groups excluding carboxylic acids is 1. The molecule has 1 unspecified atom stereocenters. The summed E-state index contributed by atoms with van der Waals surface area (Å²) >= 11 is 0. The van der Waals surface area contributed by atoms with Gasteiger partial charge in [0.1, 0.15) is 17.6 Å². The fourth-order valence-corrected chi connectivity index (χ4v) is 6.28. The molecule has 2 aliphatic rings. The van der Waals surface area contributed by atoms with Crippen LogP contribution >= 0.6 is 0 Å². The van der Waals surface area contributed by atoms with E-state index in [1.54, 1.807) is 4.57 Å². The average Bonchev–Trinajstić information content (AvgIpc) is 3.68. The van der Waals surface area contributed by atoms with Gasteiger partial charge in [-0.15, -0.1) is 10.2 Å². The Kier molecular flexibility index (Phi) is 5.52. The molecule has 2 aliphatic carbocycles. The highest BCUT2D eigenvalue weighted by Crippen LogP contribution is 2.36. The number of hydrogen-bond acceptors (Lipinski definition) is 4. The summed E-state index contributed by atoms with van der Waals surface area (Å²) in [4.78, 5) is 26.4. The quantitative estimate of drug-likeness (QED) is 0.300. The molecular formula is C28H32N5O2+. The number of rotatable bonds is 6. The van der Waals surface area contributed by atoms with Crippen LogP contribution in [0.2, 0.25) is 0 Å². The summed E-state index contributed by atoms with van der Waals surface area (Å²) < 4.78 is 4.05. The summed E-state index contributed by atoms with van der Waals surface area (Å²) in [5.41, 5.74) is 2.65. The van der Waals surface area contributed by atoms with Crippen LogP contribution in [0.1, 0.15) is 68.7 Å². The van der Waals surface area contributed by atoms with Gasteiger partial charge in [-0.2, -0.15) is 0 Å². The topological polar surface area (TPSA) is 69.3 Å². The van der Waals surface area contributed by atoms with Crippen molar-refractivity contribution < 1.29 is 4.79 Å². The summed E-state index contributed by atoms with van der Waals surface area (Å²) in [6.07, 6.45) is 9.99. The molecule has 6 rings (SSSR count). The van der Waals surface area contributed by atoms with E-state index in [0.717, 1.165) is 67.5 Å². The van der Waals surface area contributed by atoms with Crippen LogP contribution in [-0.2, 0) is 11.3 Å². The van der Waals surface area contributed by atoms with Crippen LogP contribution in [-0.4, -0.2) is 38.7 Å². The maximum absolute atomic E-state index is 14.0. The van der Waals surface area contributed by atoms with Crippen molar-refractivity contribution in [3.05, 3.63) is 70.3 Å². The monoisotopic (exact) mass is 470 g/mol. The molecule has 0 aliphatic heterocycles. The summed E-state index contributed by atoms with van der Waals surface area (Å²) in [5.74, 6) is 1.88. The number of aromatic nitrogens is 4. The second kappa shape index (κ2) is 8.72. The Balaban J connectivity index is 1.60. The van der Waals surface area contributed by atoms with E-state index >= 15 is 0 Å². The van der Waals surface area contributed by atoms with Crippen LogP contribution in [0.5, 0.6) is 0 Å². The Labute approximate surface area is 204 Å². The van der Waals surface area contributed by atoms with Crippen molar-refractivity contribution in [1.82, 2.24) is 23.6 Å². The number of carbonyl (C=O) groups is 1. The molecule has 1 amide bonds. The van der Waals surface area contributed by atoms with Crippen molar-refractivity contribution in [3.8, 4) is 0 Å².